The third kappa shape index (κ3) is 3.46. The summed E-state index contributed by atoms with van der Waals surface area (Å²) < 4.78 is 4.99. The van der Waals surface area contributed by atoms with Crippen molar-refractivity contribution in [1.29, 1.82) is 0 Å². The molecule has 0 fully saturated rings. The van der Waals surface area contributed by atoms with E-state index in [0.717, 1.165) is 11.3 Å². The summed E-state index contributed by atoms with van der Waals surface area (Å²) in [5.74, 6) is 0.567. The largest absolute Gasteiger partial charge is 0.504 e. The van der Waals surface area contributed by atoms with E-state index in [4.69, 9.17) is 27.9 Å². The fourth-order valence-corrected chi connectivity index (χ4v) is 2.15. The number of rotatable bonds is 4. The number of nitrogens with one attached hydrogen (secondary N) is 1. The van der Waals surface area contributed by atoms with Crippen LogP contribution in [-0.2, 0) is 6.54 Å². The number of phenols is 1. The van der Waals surface area contributed by atoms with Gasteiger partial charge in [0.15, 0.2) is 11.5 Å². The molecule has 0 radical (unpaired) electrons. The number of halogens is 2. The van der Waals surface area contributed by atoms with Crippen molar-refractivity contribution in [3.05, 3.63) is 52.0 Å². The molecule has 0 unspecified atom stereocenters. The van der Waals surface area contributed by atoms with E-state index in [0.29, 0.717) is 22.3 Å². The molecule has 0 aliphatic rings. The quantitative estimate of drug-likeness (QED) is 0.883. The maximum Gasteiger partial charge on any atom is 0.160 e. The molecule has 2 aromatic carbocycles. The van der Waals surface area contributed by atoms with Gasteiger partial charge < -0.3 is 15.2 Å². The smallest absolute Gasteiger partial charge is 0.160 e. The Morgan fingerprint density at radius 1 is 1.16 bits per heavy atom. The second-order valence-corrected chi connectivity index (χ2v) is 4.83. The first-order chi connectivity index (χ1) is 9.10. The fourth-order valence-electron chi connectivity index (χ4n) is 1.68. The number of ether oxygens (including phenoxy) is 1. The lowest BCUT2D eigenvalue weighted by Crippen LogP contribution is -2.00. The van der Waals surface area contributed by atoms with Crippen molar-refractivity contribution in [3.63, 3.8) is 0 Å². The standard InChI is InChI=1S/C14H13Cl2NO2/c1-19-14-5-2-9(6-13(14)18)8-17-12-4-3-10(15)7-11(12)16/h2-7,17-18H,8H2,1H3. The molecule has 0 saturated heterocycles. The zero-order valence-corrected chi connectivity index (χ0v) is 11.8. The zero-order valence-electron chi connectivity index (χ0n) is 10.3. The Morgan fingerprint density at radius 2 is 1.95 bits per heavy atom. The number of aromatic hydroxyl groups is 1. The van der Waals surface area contributed by atoms with Gasteiger partial charge in [0.05, 0.1) is 17.8 Å². The Balaban J connectivity index is 2.08. The minimum absolute atomic E-state index is 0.115. The van der Waals surface area contributed by atoms with Gasteiger partial charge in [-0.25, -0.2) is 0 Å². The van der Waals surface area contributed by atoms with Crippen molar-refractivity contribution >= 4 is 28.9 Å². The van der Waals surface area contributed by atoms with E-state index >= 15 is 0 Å². The maximum atomic E-state index is 9.68. The number of methoxy groups -OCH3 is 1. The van der Waals surface area contributed by atoms with Crippen molar-refractivity contribution in [2.45, 2.75) is 6.54 Å². The molecule has 2 N–H and O–H groups in total. The van der Waals surface area contributed by atoms with Gasteiger partial charge >= 0.3 is 0 Å². The van der Waals surface area contributed by atoms with Crippen LogP contribution in [0.15, 0.2) is 36.4 Å². The average Bonchev–Trinajstić information content (AvgIpc) is 2.38. The maximum absolute atomic E-state index is 9.68. The molecule has 0 spiro atoms. The zero-order chi connectivity index (χ0) is 13.8. The third-order valence-corrected chi connectivity index (χ3v) is 3.21. The molecule has 0 atom stereocenters. The van der Waals surface area contributed by atoms with Crippen LogP contribution >= 0.6 is 23.2 Å². The van der Waals surface area contributed by atoms with Crippen LogP contribution in [0.25, 0.3) is 0 Å². The van der Waals surface area contributed by atoms with Gasteiger partial charge in [-0.3, -0.25) is 0 Å². The van der Waals surface area contributed by atoms with Crippen LogP contribution in [0.4, 0.5) is 5.69 Å². The summed E-state index contributed by atoms with van der Waals surface area (Å²) in [6, 6.07) is 10.5. The molecule has 2 aromatic rings. The molecule has 0 heterocycles. The van der Waals surface area contributed by atoms with Gasteiger partial charge in [-0.2, -0.15) is 0 Å². The molecule has 5 heteroatoms. The van der Waals surface area contributed by atoms with E-state index in [9.17, 15) is 5.11 Å². The summed E-state index contributed by atoms with van der Waals surface area (Å²) >= 11 is 11.9. The Kier molecular flexibility index (Phi) is 4.40. The van der Waals surface area contributed by atoms with Crippen molar-refractivity contribution in [1.82, 2.24) is 0 Å². The lowest BCUT2D eigenvalue weighted by molar-refractivity contribution is 0.373. The molecule has 0 bridgehead atoms. The Labute approximate surface area is 121 Å². The predicted octanol–water partition coefficient (Wildman–Crippen LogP) is 4.32. The van der Waals surface area contributed by atoms with Gasteiger partial charge in [-0.15, -0.1) is 0 Å². The van der Waals surface area contributed by atoms with Crippen LogP contribution < -0.4 is 10.1 Å². The van der Waals surface area contributed by atoms with Crippen LogP contribution in [0, 0.1) is 0 Å². The monoisotopic (exact) mass is 297 g/mol. The van der Waals surface area contributed by atoms with E-state index < -0.39 is 0 Å². The van der Waals surface area contributed by atoms with Crippen LogP contribution in [0.1, 0.15) is 5.56 Å². The minimum atomic E-state index is 0.115. The first kappa shape index (κ1) is 13.8. The summed E-state index contributed by atoms with van der Waals surface area (Å²) in [5, 5.41) is 14.0. The number of anilines is 1. The van der Waals surface area contributed by atoms with Crippen LogP contribution in [0.5, 0.6) is 11.5 Å². The van der Waals surface area contributed by atoms with Crippen LogP contribution in [0.3, 0.4) is 0 Å². The van der Waals surface area contributed by atoms with Gasteiger partial charge in [-0.1, -0.05) is 29.3 Å². The summed E-state index contributed by atoms with van der Waals surface area (Å²) in [6.45, 7) is 0.541. The molecule has 3 nitrogen and oxygen atoms in total. The van der Waals surface area contributed by atoms with Gasteiger partial charge in [0.2, 0.25) is 0 Å². The topological polar surface area (TPSA) is 41.5 Å². The number of hydrogen-bond acceptors (Lipinski definition) is 3. The highest BCUT2D eigenvalue weighted by atomic mass is 35.5. The highest BCUT2D eigenvalue weighted by Crippen LogP contribution is 2.28. The molecule has 0 saturated carbocycles. The van der Waals surface area contributed by atoms with Crippen molar-refractivity contribution < 1.29 is 9.84 Å². The Bertz CT molecular complexity index is 588. The first-order valence-electron chi connectivity index (χ1n) is 5.65. The van der Waals surface area contributed by atoms with Gasteiger partial charge in [-0.05, 0) is 35.9 Å². The normalized spacial score (nSPS) is 10.3. The van der Waals surface area contributed by atoms with Crippen molar-refractivity contribution in [2.24, 2.45) is 0 Å². The molecular formula is C14H13Cl2NO2. The predicted molar refractivity (Wildman–Crippen MR) is 78.4 cm³/mol. The SMILES string of the molecule is COc1ccc(CNc2ccc(Cl)cc2Cl)cc1O. The number of hydrogen-bond donors (Lipinski definition) is 2. The molecule has 2 rings (SSSR count). The second-order valence-electron chi connectivity index (χ2n) is 3.98. The molecular weight excluding hydrogens is 285 g/mol. The van der Waals surface area contributed by atoms with E-state index in [1.165, 1.54) is 7.11 Å². The molecule has 0 amide bonds. The van der Waals surface area contributed by atoms with Gasteiger partial charge in [0, 0.05) is 11.6 Å². The second kappa shape index (κ2) is 6.04. The highest BCUT2D eigenvalue weighted by Gasteiger charge is 2.04. The molecule has 0 aliphatic heterocycles. The minimum Gasteiger partial charge on any atom is -0.504 e. The van der Waals surface area contributed by atoms with E-state index in [1.807, 2.05) is 12.1 Å². The average molecular weight is 298 g/mol. The van der Waals surface area contributed by atoms with E-state index in [2.05, 4.69) is 5.32 Å². The molecule has 100 valence electrons. The summed E-state index contributed by atoms with van der Waals surface area (Å²) in [6.07, 6.45) is 0. The lowest BCUT2D eigenvalue weighted by Gasteiger charge is -2.10. The Hall–Kier alpha value is -1.58. The van der Waals surface area contributed by atoms with Crippen LogP contribution in [-0.4, -0.2) is 12.2 Å². The molecule has 0 aliphatic carbocycles. The van der Waals surface area contributed by atoms with Gasteiger partial charge in [0.1, 0.15) is 0 Å². The number of benzene rings is 2. The first-order valence-corrected chi connectivity index (χ1v) is 6.40. The third-order valence-electron chi connectivity index (χ3n) is 2.66. The van der Waals surface area contributed by atoms with Crippen LogP contribution in [0.2, 0.25) is 10.0 Å². The van der Waals surface area contributed by atoms with E-state index in [1.54, 1.807) is 24.3 Å². The molecule has 19 heavy (non-hydrogen) atoms. The summed E-state index contributed by atoms with van der Waals surface area (Å²) in [4.78, 5) is 0. The van der Waals surface area contributed by atoms with Crippen molar-refractivity contribution in [2.75, 3.05) is 12.4 Å². The van der Waals surface area contributed by atoms with E-state index in [-0.39, 0.29) is 5.75 Å². The number of phenolic OH excluding ortho intramolecular Hbond substituents is 1. The molecule has 0 aromatic heterocycles. The highest BCUT2D eigenvalue weighted by molar-refractivity contribution is 6.36. The lowest BCUT2D eigenvalue weighted by atomic mass is 10.2. The Morgan fingerprint density at radius 3 is 2.58 bits per heavy atom. The summed E-state index contributed by atoms with van der Waals surface area (Å²) in [5.41, 5.74) is 1.71. The summed E-state index contributed by atoms with van der Waals surface area (Å²) in [7, 11) is 1.51. The van der Waals surface area contributed by atoms with Gasteiger partial charge in [0.25, 0.3) is 0 Å². The fraction of sp³-hybridized carbons (Fsp3) is 0.143. The van der Waals surface area contributed by atoms with Crippen molar-refractivity contribution in [3.8, 4) is 11.5 Å².